The average molecular weight is 535 g/mol. The number of anilines is 1. The van der Waals surface area contributed by atoms with Crippen LogP contribution in [0.3, 0.4) is 0 Å². The molecule has 0 fully saturated rings. The van der Waals surface area contributed by atoms with E-state index in [0.29, 0.717) is 0 Å². The zero-order valence-corrected chi connectivity index (χ0v) is 20.2. The van der Waals surface area contributed by atoms with Crippen LogP contribution in [0.4, 0.5) is 23.2 Å². The monoisotopic (exact) mass is 534 g/mol. The first kappa shape index (κ1) is 26.3. The molecule has 1 heterocycles. The quantitative estimate of drug-likeness (QED) is 0.403. The van der Waals surface area contributed by atoms with Gasteiger partial charge in [0.2, 0.25) is 0 Å². The Kier molecular flexibility index (Phi) is 6.79. The number of fused-ring (bicyclic) bond motifs is 1. The topological polar surface area (TPSA) is 82.8 Å². The van der Waals surface area contributed by atoms with Crippen LogP contribution in [-0.2, 0) is 10.4 Å². The van der Waals surface area contributed by atoms with Crippen molar-refractivity contribution in [2.45, 2.75) is 24.6 Å². The second-order valence-corrected chi connectivity index (χ2v) is 8.86. The van der Waals surface area contributed by atoms with Gasteiger partial charge in [-0.2, -0.15) is 18.4 Å². The van der Waals surface area contributed by atoms with E-state index in [9.17, 15) is 27.5 Å². The number of nitriles is 1. The number of carbonyl (C=O) groups is 1. The highest BCUT2D eigenvalue weighted by atomic mass is 35.5. The fraction of sp³-hybridized carbons (Fsp3) is 0.231. The second kappa shape index (κ2) is 9.57. The molecular weight excluding hydrogens is 516 g/mol. The van der Waals surface area contributed by atoms with Crippen LogP contribution in [0.25, 0.3) is 0 Å². The van der Waals surface area contributed by atoms with Crippen LogP contribution in [0, 0.1) is 17.1 Å². The molecule has 0 aliphatic carbocycles. The molecule has 6 nitrogen and oxygen atoms in total. The van der Waals surface area contributed by atoms with E-state index in [1.54, 1.807) is 6.07 Å². The van der Waals surface area contributed by atoms with Crippen molar-refractivity contribution in [3.8, 4) is 23.3 Å². The van der Waals surface area contributed by atoms with Crippen molar-refractivity contribution in [3.63, 3.8) is 0 Å². The van der Waals surface area contributed by atoms with Crippen molar-refractivity contribution in [1.82, 2.24) is 0 Å². The molecule has 0 spiro atoms. The van der Waals surface area contributed by atoms with E-state index in [1.165, 1.54) is 37.4 Å². The molecular formula is C26H19ClF4N2O4. The Morgan fingerprint density at radius 1 is 1.14 bits per heavy atom. The first-order chi connectivity index (χ1) is 17.4. The van der Waals surface area contributed by atoms with Gasteiger partial charge < -0.3 is 19.5 Å². The van der Waals surface area contributed by atoms with Gasteiger partial charge in [-0.05, 0) is 53.6 Å². The first-order valence-corrected chi connectivity index (χ1v) is 11.2. The lowest BCUT2D eigenvalue weighted by atomic mass is 9.77. The molecule has 37 heavy (non-hydrogen) atoms. The number of carbonyl (C=O) groups excluding carboxylic acids is 1. The number of aliphatic hydroxyl groups is 1. The van der Waals surface area contributed by atoms with E-state index in [0.717, 1.165) is 36.1 Å². The van der Waals surface area contributed by atoms with Crippen LogP contribution in [0.2, 0.25) is 5.02 Å². The molecule has 0 aromatic heterocycles. The summed E-state index contributed by atoms with van der Waals surface area (Å²) in [6, 6.07) is 12.4. The van der Waals surface area contributed by atoms with Crippen LogP contribution in [0.1, 0.15) is 29.5 Å². The SMILES string of the molecule is CC(c1cc(Oc2ccc(F)c(C#N)c2)ccc1Cl)C(O)(c1ccc2c(c1)N(C)C(=O)CO2)C(F)(F)F. The normalized spacial score (nSPS) is 15.8. The minimum absolute atomic E-state index is 0.0513. The maximum absolute atomic E-state index is 14.5. The summed E-state index contributed by atoms with van der Waals surface area (Å²) in [5.74, 6) is -2.52. The molecule has 192 valence electrons. The van der Waals surface area contributed by atoms with Gasteiger partial charge in [0, 0.05) is 24.1 Å². The molecule has 0 bridgehead atoms. The van der Waals surface area contributed by atoms with E-state index in [1.807, 2.05) is 0 Å². The van der Waals surface area contributed by atoms with E-state index >= 15 is 0 Å². The summed E-state index contributed by atoms with van der Waals surface area (Å²) in [4.78, 5) is 13.2. The lowest BCUT2D eigenvalue weighted by Crippen LogP contribution is -2.47. The van der Waals surface area contributed by atoms with Gasteiger partial charge in [0.1, 0.15) is 29.1 Å². The Hall–Kier alpha value is -3.81. The molecule has 1 amide bonds. The number of amides is 1. The van der Waals surface area contributed by atoms with Crippen LogP contribution < -0.4 is 14.4 Å². The number of nitrogens with zero attached hydrogens (tertiary/aromatic N) is 2. The van der Waals surface area contributed by atoms with Gasteiger partial charge in [-0.15, -0.1) is 0 Å². The van der Waals surface area contributed by atoms with Gasteiger partial charge in [0.05, 0.1) is 11.3 Å². The summed E-state index contributed by atoms with van der Waals surface area (Å²) >= 11 is 6.26. The summed E-state index contributed by atoms with van der Waals surface area (Å²) in [5, 5.41) is 20.2. The van der Waals surface area contributed by atoms with Crippen LogP contribution >= 0.6 is 11.6 Å². The number of halogens is 5. The number of alkyl halides is 3. The number of rotatable bonds is 5. The van der Waals surface area contributed by atoms with Crippen LogP contribution in [0.15, 0.2) is 54.6 Å². The van der Waals surface area contributed by atoms with Gasteiger partial charge in [0.15, 0.2) is 12.2 Å². The zero-order chi connectivity index (χ0) is 27.1. The van der Waals surface area contributed by atoms with Crippen molar-refractivity contribution in [2.75, 3.05) is 18.6 Å². The molecule has 1 N–H and O–H groups in total. The van der Waals surface area contributed by atoms with Crippen molar-refractivity contribution in [1.29, 1.82) is 5.26 Å². The molecule has 11 heteroatoms. The highest BCUT2D eigenvalue weighted by Crippen LogP contribution is 2.51. The fourth-order valence-corrected chi connectivity index (χ4v) is 4.38. The van der Waals surface area contributed by atoms with Gasteiger partial charge in [-0.1, -0.05) is 24.6 Å². The molecule has 0 saturated carbocycles. The second-order valence-electron chi connectivity index (χ2n) is 8.45. The predicted molar refractivity (Wildman–Crippen MR) is 126 cm³/mol. The van der Waals surface area contributed by atoms with Crippen LogP contribution in [0.5, 0.6) is 17.2 Å². The average Bonchev–Trinajstić information content (AvgIpc) is 2.86. The first-order valence-electron chi connectivity index (χ1n) is 10.9. The Morgan fingerprint density at radius 2 is 1.81 bits per heavy atom. The van der Waals surface area contributed by atoms with Crippen molar-refractivity contribution < 1.29 is 36.9 Å². The van der Waals surface area contributed by atoms with Gasteiger partial charge in [-0.25, -0.2) is 4.39 Å². The smallest absolute Gasteiger partial charge is 0.422 e. The van der Waals surface area contributed by atoms with E-state index in [4.69, 9.17) is 26.3 Å². The molecule has 2 atom stereocenters. The molecule has 2 unspecified atom stereocenters. The highest BCUT2D eigenvalue weighted by molar-refractivity contribution is 6.31. The minimum Gasteiger partial charge on any atom is -0.482 e. The van der Waals surface area contributed by atoms with Gasteiger partial charge >= 0.3 is 6.18 Å². The van der Waals surface area contributed by atoms with Crippen molar-refractivity contribution in [2.24, 2.45) is 0 Å². The molecule has 3 aromatic carbocycles. The number of hydrogen-bond acceptors (Lipinski definition) is 5. The summed E-state index contributed by atoms with van der Waals surface area (Å²) in [6.07, 6.45) is -5.16. The predicted octanol–water partition coefficient (Wildman–Crippen LogP) is 6.05. The molecule has 0 saturated heterocycles. The Labute approximate surface area is 214 Å². The summed E-state index contributed by atoms with van der Waals surface area (Å²) in [6.45, 7) is 0.907. The number of benzene rings is 3. The zero-order valence-electron chi connectivity index (χ0n) is 19.4. The maximum atomic E-state index is 14.5. The van der Waals surface area contributed by atoms with Crippen molar-refractivity contribution in [3.05, 3.63) is 82.1 Å². The maximum Gasteiger partial charge on any atom is 0.422 e. The number of ether oxygens (including phenoxy) is 2. The third-order valence-electron chi connectivity index (χ3n) is 6.27. The number of hydrogen-bond donors (Lipinski definition) is 1. The largest absolute Gasteiger partial charge is 0.482 e. The highest BCUT2D eigenvalue weighted by Gasteiger charge is 2.59. The Bertz CT molecular complexity index is 1420. The molecule has 4 rings (SSSR count). The number of likely N-dealkylation sites (N-methyl/N-ethyl adjacent to an activating group) is 1. The minimum atomic E-state index is -5.16. The molecule has 1 aliphatic heterocycles. The van der Waals surface area contributed by atoms with E-state index in [2.05, 4.69) is 0 Å². The summed E-state index contributed by atoms with van der Waals surface area (Å²) < 4.78 is 68.1. The van der Waals surface area contributed by atoms with Crippen LogP contribution in [-0.4, -0.2) is 30.8 Å². The van der Waals surface area contributed by atoms with E-state index < -0.39 is 35.0 Å². The van der Waals surface area contributed by atoms with Crippen molar-refractivity contribution >= 4 is 23.2 Å². The molecule has 3 aromatic rings. The third kappa shape index (κ3) is 4.68. The Balaban J connectivity index is 1.77. The molecule has 1 aliphatic rings. The van der Waals surface area contributed by atoms with E-state index in [-0.39, 0.29) is 45.7 Å². The summed E-state index contributed by atoms with van der Waals surface area (Å²) in [7, 11) is 1.40. The fourth-order valence-electron chi connectivity index (χ4n) is 4.10. The Morgan fingerprint density at radius 3 is 2.49 bits per heavy atom. The molecule has 0 radical (unpaired) electrons. The third-order valence-corrected chi connectivity index (χ3v) is 6.62. The van der Waals surface area contributed by atoms with Gasteiger partial charge in [-0.3, -0.25) is 4.79 Å². The standard InChI is InChI=1S/C26H19ClF4N2O4/c1-14(19-11-18(4-6-20(19)27)37-17-5-7-21(28)15(9-17)12-32)25(35,26(29,30)31)16-3-8-23-22(10-16)33(2)24(34)13-36-23/h3-11,14,35H,13H2,1-2H3. The van der Waals surface area contributed by atoms with Gasteiger partial charge in [0.25, 0.3) is 5.91 Å². The lowest BCUT2D eigenvalue weighted by molar-refractivity contribution is -0.274. The lowest BCUT2D eigenvalue weighted by Gasteiger charge is -2.38. The summed E-state index contributed by atoms with van der Waals surface area (Å²) in [5.41, 5.74) is -4.21.